The molecular weight excluding hydrogens is 410 g/mol. The highest BCUT2D eigenvalue weighted by Gasteiger charge is 2.53. The first kappa shape index (κ1) is 19.5. The number of aromatic nitrogens is 3. The van der Waals surface area contributed by atoms with Crippen molar-refractivity contribution in [1.82, 2.24) is 15.0 Å². The van der Waals surface area contributed by atoms with Crippen molar-refractivity contribution in [3.63, 3.8) is 0 Å². The van der Waals surface area contributed by atoms with Crippen LogP contribution in [0, 0.1) is 0 Å². The van der Waals surface area contributed by atoms with Crippen molar-refractivity contribution in [2.24, 2.45) is 0 Å². The van der Waals surface area contributed by atoms with Crippen molar-refractivity contribution >= 4 is 40.8 Å². The summed E-state index contributed by atoms with van der Waals surface area (Å²) in [6, 6.07) is 3.76. The molecule has 0 atom stereocenters. The molecule has 1 amide bonds. The van der Waals surface area contributed by atoms with Gasteiger partial charge in [-0.2, -0.15) is 20.5 Å². The molecule has 7 nitrogen and oxygen atoms in total. The summed E-state index contributed by atoms with van der Waals surface area (Å²) >= 11 is 1.80. The van der Waals surface area contributed by atoms with Gasteiger partial charge in [0.25, 0.3) is 0 Å². The molecule has 1 saturated heterocycles. The molecule has 2 fully saturated rings. The number of carbonyl (C=O) groups excluding carboxylic acids is 1. The van der Waals surface area contributed by atoms with Gasteiger partial charge < -0.3 is 15.5 Å². The Bertz CT molecular complexity index is 1020. The van der Waals surface area contributed by atoms with Crippen molar-refractivity contribution in [3.05, 3.63) is 29.7 Å². The zero-order valence-corrected chi connectivity index (χ0v) is 17.5. The van der Waals surface area contributed by atoms with Gasteiger partial charge in [-0.25, -0.2) is 15.0 Å². The second-order valence-corrected chi connectivity index (χ2v) is 9.41. The van der Waals surface area contributed by atoms with Gasteiger partial charge in [0.1, 0.15) is 17.5 Å². The number of rotatable bonds is 5. The van der Waals surface area contributed by atoms with Crippen LogP contribution in [0.2, 0.25) is 0 Å². The van der Waals surface area contributed by atoms with Crippen LogP contribution in [0.25, 0.3) is 0 Å². The average Bonchev–Trinajstić information content (AvgIpc) is 3.34. The first-order valence-electron chi connectivity index (χ1n) is 9.91. The fraction of sp³-hybridized carbons (Fsp3) is 0.500. The van der Waals surface area contributed by atoms with Gasteiger partial charge in [0.2, 0.25) is 11.7 Å². The molecule has 1 spiro atoms. The Morgan fingerprint density at radius 3 is 2.63 bits per heavy atom. The van der Waals surface area contributed by atoms with E-state index in [1.807, 2.05) is 4.90 Å². The van der Waals surface area contributed by atoms with Crippen LogP contribution in [-0.2, 0) is 16.1 Å². The summed E-state index contributed by atoms with van der Waals surface area (Å²) in [7, 11) is 0. The summed E-state index contributed by atoms with van der Waals surface area (Å²) in [4.78, 5) is 26.1. The Kier molecular flexibility index (Phi) is 4.39. The third-order valence-corrected chi connectivity index (χ3v) is 7.01. The molecule has 4 heterocycles. The highest BCUT2D eigenvalue weighted by atomic mass is 32.2. The fourth-order valence-corrected chi connectivity index (χ4v) is 4.59. The zero-order valence-electron chi connectivity index (χ0n) is 16.7. The number of hydrogen-bond acceptors (Lipinski definition) is 7. The molecule has 5 rings (SSSR count). The minimum atomic E-state index is -3.15. The lowest BCUT2D eigenvalue weighted by Gasteiger charge is -2.28. The molecule has 2 aliphatic heterocycles. The maximum Gasteiger partial charge on any atom is 0.303 e. The Morgan fingerprint density at radius 2 is 2.03 bits per heavy atom. The summed E-state index contributed by atoms with van der Waals surface area (Å²) in [5, 5.41) is 5.95. The molecule has 0 radical (unpaired) electrons. The summed E-state index contributed by atoms with van der Waals surface area (Å²) in [5.74, 6) is -0.727. The van der Waals surface area contributed by atoms with Crippen LogP contribution in [0.4, 0.5) is 31.9 Å². The third kappa shape index (κ3) is 3.46. The van der Waals surface area contributed by atoms with Gasteiger partial charge in [0.05, 0.1) is 5.69 Å². The van der Waals surface area contributed by atoms with Crippen LogP contribution in [0.5, 0.6) is 0 Å². The average molecular weight is 433 g/mol. The van der Waals surface area contributed by atoms with Crippen LogP contribution in [-0.4, -0.2) is 45.0 Å². The van der Waals surface area contributed by atoms with Crippen LogP contribution in [0.3, 0.4) is 0 Å². The molecule has 30 heavy (non-hydrogen) atoms. The highest BCUT2D eigenvalue weighted by molar-refractivity contribution is 8.00. The zero-order chi connectivity index (χ0) is 21.1. The monoisotopic (exact) mass is 432 g/mol. The number of carbonyl (C=O) groups is 1. The van der Waals surface area contributed by atoms with E-state index in [-0.39, 0.29) is 17.4 Å². The van der Waals surface area contributed by atoms with Crippen molar-refractivity contribution in [3.8, 4) is 0 Å². The van der Waals surface area contributed by atoms with Crippen LogP contribution < -0.4 is 15.5 Å². The predicted molar refractivity (Wildman–Crippen MR) is 113 cm³/mol. The second-order valence-electron chi connectivity index (χ2n) is 8.34. The lowest BCUT2D eigenvalue weighted by atomic mass is 10.0. The van der Waals surface area contributed by atoms with Gasteiger partial charge in [-0.05, 0) is 12.8 Å². The fourth-order valence-electron chi connectivity index (χ4n) is 3.95. The van der Waals surface area contributed by atoms with Gasteiger partial charge in [-0.3, -0.25) is 4.79 Å². The summed E-state index contributed by atoms with van der Waals surface area (Å²) < 4.78 is 28.3. The minimum Gasteiger partial charge on any atom is -0.365 e. The van der Waals surface area contributed by atoms with E-state index in [2.05, 4.69) is 25.6 Å². The second kappa shape index (κ2) is 6.76. The van der Waals surface area contributed by atoms with Gasteiger partial charge in [-0.1, -0.05) is 0 Å². The first-order chi connectivity index (χ1) is 14.2. The quantitative estimate of drug-likeness (QED) is 0.746. The number of pyridine rings is 1. The summed E-state index contributed by atoms with van der Waals surface area (Å²) in [5.41, 5.74) is 1.90. The van der Waals surface area contributed by atoms with Crippen LogP contribution >= 0.6 is 11.8 Å². The smallest absolute Gasteiger partial charge is 0.303 e. The van der Waals surface area contributed by atoms with E-state index in [4.69, 9.17) is 0 Å². The highest BCUT2D eigenvalue weighted by Crippen LogP contribution is 2.58. The standard InChI is InChI=1S/C20H22F2N6OS/c1-11(29)24-15-5-14-13(7-23-15)20(3-4-20)10-28(14)17-6-16(25-12-8-30-9-12)26-18(27-17)19(2,21)22/h5-7,12H,3-4,8-10H2,1-2H3,(H,23,24,29)(H,25,26,27). The molecule has 2 aromatic heterocycles. The number of nitrogens with one attached hydrogen (secondary N) is 2. The molecule has 0 aromatic carbocycles. The molecule has 0 unspecified atom stereocenters. The molecule has 2 N–H and O–H groups in total. The minimum absolute atomic E-state index is 0.0187. The normalized spacial score (nSPS) is 19.4. The lowest BCUT2D eigenvalue weighted by Crippen LogP contribution is -2.34. The maximum absolute atomic E-state index is 14.2. The number of halogens is 2. The van der Waals surface area contributed by atoms with E-state index < -0.39 is 11.7 Å². The van der Waals surface area contributed by atoms with E-state index in [0.717, 1.165) is 42.5 Å². The number of hydrogen-bond donors (Lipinski definition) is 2. The summed E-state index contributed by atoms with van der Waals surface area (Å²) in [6.45, 7) is 2.89. The Balaban J connectivity index is 1.56. The van der Waals surface area contributed by atoms with E-state index in [1.54, 1.807) is 30.1 Å². The van der Waals surface area contributed by atoms with Crippen molar-refractivity contribution in [1.29, 1.82) is 0 Å². The van der Waals surface area contributed by atoms with Gasteiger partial charge in [0.15, 0.2) is 0 Å². The Hall–Kier alpha value is -2.49. The van der Waals surface area contributed by atoms with Crippen molar-refractivity contribution in [2.75, 3.05) is 33.6 Å². The van der Waals surface area contributed by atoms with E-state index in [9.17, 15) is 13.6 Å². The largest absolute Gasteiger partial charge is 0.365 e. The Labute approximate surface area is 177 Å². The number of anilines is 4. The number of thioether (sulfide) groups is 1. The molecular formula is C20H22F2N6OS. The molecule has 3 aliphatic rings. The SMILES string of the molecule is CC(=O)Nc1cc2c(cn1)C1(CC1)CN2c1cc(NC2CSC2)nc(C(C)(F)F)n1. The lowest BCUT2D eigenvalue weighted by molar-refractivity contribution is -0.114. The molecule has 0 bridgehead atoms. The Morgan fingerprint density at radius 1 is 1.27 bits per heavy atom. The van der Waals surface area contributed by atoms with E-state index in [1.165, 1.54) is 6.92 Å². The predicted octanol–water partition coefficient (Wildman–Crippen LogP) is 3.65. The molecule has 10 heteroatoms. The maximum atomic E-state index is 14.2. The van der Waals surface area contributed by atoms with Crippen LogP contribution in [0.1, 0.15) is 38.1 Å². The summed E-state index contributed by atoms with van der Waals surface area (Å²) in [6.07, 6.45) is 3.82. The van der Waals surface area contributed by atoms with Gasteiger partial charge in [-0.15, -0.1) is 0 Å². The van der Waals surface area contributed by atoms with Crippen LogP contribution in [0.15, 0.2) is 18.3 Å². The van der Waals surface area contributed by atoms with Crippen molar-refractivity contribution < 1.29 is 13.6 Å². The van der Waals surface area contributed by atoms with Crippen molar-refractivity contribution in [2.45, 2.75) is 44.1 Å². The van der Waals surface area contributed by atoms with Gasteiger partial charge >= 0.3 is 5.92 Å². The molecule has 1 aliphatic carbocycles. The number of amides is 1. The molecule has 2 aromatic rings. The number of alkyl halides is 2. The number of fused-ring (bicyclic) bond motifs is 2. The van der Waals surface area contributed by atoms with E-state index >= 15 is 0 Å². The molecule has 1 saturated carbocycles. The van der Waals surface area contributed by atoms with E-state index in [0.29, 0.717) is 24.0 Å². The molecule has 158 valence electrons. The van der Waals surface area contributed by atoms with Gasteiger partial charge in [0, 0.05) is 67.2 Å². The first-order valence-corrected chi connectivity index (χ1v) is 11.1. The topological polar surface area (TPSA) is 83.0 Å². The third-order valence-electron chi connectivity index (χ3n) is 5.73. The number of nitrogens with zero attached hydrogens (tertiary/aromatic N) is 4.